The number of hydrogen-bond donors (Lipinski definition) is 0. The summed E-state index contributed by atoms with van der Waals surface area (Å²) in [6.07, 6.45) is 5.42. The minimum atomic E-state index is 0.463. The van der Waals surface area contributed by atoms with Gasteiger partial charge in [0.2, 0.25) is 5.58 Å². The molecule has 18 heavy (non-hydrogen) atoms. The first-order chi connectivity index (χ1) is 8.90. The molecule has 0 saturated carbocycles. The van der Waals surface area contributed by atoms with Crippen molar-refractivity contribution in [2.75, 3.05) is 6.61 Å². The van der Waals surface area contributed by atoms with Crippen LogP contribution in [0.1, 0.15) is 12.8 Å². The van der Waals surface area contributed by atoms with E-state index in [0.29, 0.717) is 18.1 Å². The molecule has 0 aliphatic carbocycles. The minimum absolute atomic E-state index is 0.463. The van der Waals surface area contributed by atoms with Gasteiger partial charge in [-0.05, 0) is 18.9 Å². The van der Waals surface area contributed by atoms with Gasteiger partial charge in [-0.25, -0.2) is 0 Å². The third kappa shape index (κ3) is 1.78. The number of hydrogen-bond acceptors (Lipinski definition) is 3. The molecule has 0 spiro atoms. The van der Waals surface area contributed by atoms with Gasteiger partial charge in [-0.2, -0.15) is 0 Å². The minimum Gasteiger partial charge on any atom is -0.462 e. The molecule has 0 aliphatic heterocycles. The molecule has 3 nitrogen and oxygen atoms in total. The van der Waals surface area contributed by atoms with E-state index < -0.39 is 0 Å². The number of allylic oxidation sites excluding steroid dienone is 1. The Morgan fingerprint density at radius 3 is 3.00 bits per heavy atom. The first kappa shape index (κ1) is 11.0. The summed E-state index contributed by atoms with van der Waals surface area (Å²) in [5, 5.41) is 2.02. The summed E-state index contributed by atoms with van der Waals surface area (Å²) in [5.41, 5.74) is 1.55. The van der Waals surface area contributed by atoms with Crippen LogP contribution in [0, 0.1) is 0 Å². The van der Waals surface area contributed by atoms with Crippen LogP contribution in [0.4, 0.5) is 0 Å². The maximum atomic E-state index is 5.74. The standard InChI is InChI=1S/C15H14O3/c1-2-3-6-9-16-15-14-12(10-17-15)11-7-4-5-8-13(11)18-14/h2,4-5,7-8,10H,1,3,6,9H2. The average molecular weight is 242 g/mol. The molecule has 0 bridgehead atoms. The molecule has 2 heterocycles. The van der Waals surface area contributed by atoms with Crippen molar-refractivity contribution in [1.82, 2.24) is 0 Å². The van der Waals surface area contributed by atoms with Crippen LogP contribution in [-0.2, 0) is 0 Å². The highest BCUT2D eigenvalue weighted by Gasteiger charge is 2.15. The van der Waals surface area contributed by atoms with E-state index >= 15 is 0 Å². The number of unbranched alkanes of at least 4 members (excludes halogenated alkanes) is 1. The smallest absolute Gasteiger partial charge is 0.329 e. The van der Waals surface area contributed by atoms with E-state index in [1.165, 1.54) is 0 Å². The van der Waals surface area contributed by atoms with Crippen LogP contribution in [0.5, 0.6) is 5.95 Å². The second-order valence-electron chi connectivity index (χ2n) is 4.14. The van der Waals surface area contributed by atoms with E-state index in [-0.39, 0.29) is 0 Å². The van der Waals surface area contributed by atoms with Gasteiger partial charge in [-0.1, -0.05) is 24.3 Å². The zero-order valence-electron chi connectivity index (χ0n) is 10.0. The lowest BCUT2D eigenvalue weighted by Gasteiger charge is -1.99. The molecule has 0 radical (unpaired) electrons. The van der Waals surface area contributed by atoms with E-state index in [4.69, 9.17) is 13.6 Å². The first-order valence-corrected chi connectivity index (χ1v) is 6.02. The second kappa shape index (κ2) is 4.61. The van der Waals surface area contributed by atoms with Crippen LogP contribution in [0.25, 0.3) is 21.9 Å². The Labute approximate surface area is 105 Å². The Kier molecular flexibility index (Phi) is 2.81. The summed E-state index contributed by atoms with van der Waals surface area (Å²) in [6.45, 7) is 4.28. The highest BCUT2D eigenvalue weighted by Crippen LogP contribution is 2.36. The molecular weight excluding hydrogens is 228 g/mol. The molecule has 92 valence electrons. The molecule has 0 unspecified atom stereocenters. The van der Waals surface area contributed by atoms with Crippen LogP contribution >= 0.6 is 0 Å². The number of fused-ring (bicyclic) bond motifs is 3. The third-order valence-electron chi connectivity index (χ3n) is 2.89. The van der Waals surface area contributed by atoms with Crippen molar-refractivity contribution in [2.24, 2.45) is 0 Å². The number of furan rings is 2. The molecule has 0 N–H and O–H groups in total. The molecule has 0 amide bonds. The highest BCUT2D eigenvalue weighted by molar-refractivity contribution is 6.05. The average Bonchev–Trinajstić information content (AvgIpc) is 2.94. The van der Waals surface area contributed by atoms with Crippen molar-refractivity contribution in [1.29, 1.82) is 0 Å². The Bertz CT molecular complexity index is 675. The summed E-state index contributed by atoms with van der Waals surface area (Å²) in [4.78, 5) is 0. The van der Waals surface area contributed by atoms with E-state index in [0.717, 1.165) is 29.2 Å². The van der Waals surface area contributed by atoms with Gasteiger partial charge in [-0.3, -0.25) is 0 Å². The molecule has 0 atom stereocenters. The van der Waals surface area contributed by atoms with Gasteiger partial charge < -0.3 is 13.6 Å². The number of benzene rings is 1. The van der Waals surface area contributed by atoms with E-state index in [2.05, 4.69) is 6.58 Å². The molecule has 0 aliphatic rings. The summed E-state index contributed by atoms with van der Waals surface area (Å²) in [5.74, 6) is 0.463. The van der Waals surface area contributed by atoms with Crippen molar-refractivity contribution in [3.63, 3.8) is 0 Å². The van der Waals surface area contributed by atoms with Gasteiger partial charge in [0.25, 0.3) is 0 Å². The van der Waals surface area contributed by atoms with Crippen LogP contribution in [0.3, 0.4) is 0 Å². The number of rotatable bonds is 5. The number of para-hydroxylation sites is 1. The lowest BCUT2D eigenvalue weighted by molar-refractivity contribution is 0.240. The van der Waals surface area contributed by atoms with Gasteiger partial charge in [0.1, 0.15) is 11.8 Å². The van der Waals surface area contributed by atoms with Crippen LogP contribution in [0.2, 0.25) is 0 Å². The molecule has 0 saturated heterocycles. The molecule has 0 fully saturated rings. The lowest BCUT2D eigenvalue weighted by Crippen LogP contribution is -1.95. The predicted molar refractivity (Wildman–Crippen MR) is 70.9 cm³/mol. The highest BCUT2D eigenvalue weighted by atomic mass is 16.6. The monoisotopic (exact) mass is 242 g/mol. The molecule has 2 aromatic heterocycles. The Morgan fingerprint density at radius 1 is 1.22 bits per heavy atom. The van der Waals surface area contributed by atoms with Crippen molar-refractivity contribution in [3.05, 3.63) is 43.2 Å². The van der Waals surface area contributed by atoms with Gasteiger partial charge in [-0.15, -0.1) is 6.58 Å². The Hall–Kier alpha value is -2.16. The summed E-state index contributed by atoms with van der Waals surface area (Å²) in [6, 6.07) is 7.89. The van der Waals surface area contributed by atoms with Crippen molar-refractivity contribution in [2.45, 2.75) is 12.8 Å². The van der Waals surface area contributed by atoms with Crippen LogP contribution in [0.15, 0.2) is 52.0 Å². The SMILES string of the molecule is C=CCCCOc1occ2c1oc1ccccc12. The zero-order chi connectivity index (χ0) is 12.4. The van der Waals surface area contributed by atoms with Crippen molar-refractivity contribution < 1.29 is 13.6 Å². The fourth-order valence-corrected chi connectivity index (χ4v) is 1.99. The van der Waals surface area contributed by atoms with Gasteiger partial charge in [0.15, 0.2) is 0 Å². The summed E-state index contributed by atoms with van der Waals surface area (Å²) < 4.78 is 16.7. The molecule has 3 heteroatoms. The summed E-state index contributed by atoms with van der Waals surface area (Å²) >= 11 is 0. The normalized spacial score (nSPS) is 11.1. The molecule has 1 aromatic carbocycles. The second-order valence-corrected chi connectivity index (χ2v) is 4.14. The zero-order valence-corrected chi connectivity index (χ0v) is 10.0. The van der Waals surface area contributed by atoms with Crippen molar-refractivity contribution in [3.8, 4) is 5.95 Å². The van der Waals surface area contributed by atoms with Crippen LogP contribution < -0.4 is 4.74 Å². The topological polar surface area (TPSA) is 35.5 Å². The van der Waals surface area contributed by atoms with Gasteiger partial charge >= 0.3 is 5.95 Å². The summed E-state index contributed by atoms with van der Waals surface area (Å²) in [7, 11) is 0. The third-order valence-corrected chi connectivity index (χ3v) is 2.89. The fourth-order valence-electron chi connectivity index (χ4n) is 1.99. The van der Waals surface area contributed by atoms with E-state index in [9.17, 15) is 0 Å². The van der Waals surface area contributed by atoms with E-state index in [1.807, 2.05) is 30.3 Å². The molecule has 3 aromatic rings. The predicted octanol–water partition coefficient (Wildman–Crippen LogP) is 4.52. The maximum absolute atomic E-state index is 5.74. The number of ether oxygens (including phenoxy) is 1. The maximum Gasteiger partial charge on any atom is 0.329 e. The van der Waals surface area contributed by atoms with Gasteiger partial charge in [0.05, 0.1) is 12.0 Å². The Balaban J connectivity index is 1.91. The molecular formula is C15H14O3. The van der Waals surface area contributed by atoms with E-state index in [1.54, 1.807) is 6.26 Å². The first-order valence-electron chi connectivity index (χ1n) is 6.02. The van der Waals surface area contributed by atoms with Crippen LogP contribution in [-0.4, -0.2) is 6.61 Å². The molecule has 3 rings (SSSR count). The van der Waals surface area contributed by atoms with Crippen molar-refractivity contribution >= 4 is 21.9 Å². The largest absolute Gasteiger partial charge is 0.462 e. The Morgan fingerprint density at radius 2 is 2.11 bits per heavy atom. The lowest BCUT2D eigenvalue weighted by atomic mass is 10.2. The van der Waals surface area contributed by atoms with Gasteiger partial charge in [0, 0.05) is 5.39 Å². The quantitative estimate of drug-likeness (QED) is 0.487. The fraction of sp³-hybridized carbons (Fsp3) is 0.200.